The van der Waals surface area contributed by atoms with Gasteiger partial charge in [0.1, 0.15) is 19.0 Å². The molecule has 0 aromatic heterocycles. The van der Waals surface area contributed by atoms with Gasteiger partial charge in [0.25, 0.3) is 0 Å². The minimum absolute atomic E-state index is 0.0945. The number of nitrogens with zero attached hydrogens (tertiary/aromatic N) is 1. The number of halogens is 3. The summed E-state index contributed by atoms with van der Waals surface area (Å²) in [5.41, 5.74) is 0.654. The first kappa shape index (κ1) is 17.6. The fourth-order valence-electron chi connectivity index (χ4n) is 1.86. The Morgan fingerprint density at radius 2 is 1.96 bits per heavy atom. The summed E-state index contributed by atoms with van der Waals surface area (Å²) in [6.07, 6.45) is -4.17. The number of rotatable bonds is 8. The minimum Gasteiger partial charge on any atom is -0.488 e. The van der Waals surface area contributed by atoms with Gasteiger partial charge in [0.15, 0.2) is 6.29 Å². The number of ether oxygens (including phenoxy) is 3. The van der Waals surface area contributed by atoms with Crippen LogP contribution in [0.4, 0.5) is 13.2 Å². The second kappa shape index (κ2) is 8.73. The summed E-state index contributed by atoms with van der Waals surface area (Å²) < 4.78 is 52.0. The summed E-state index contributed by atoms with van der Waals surface area (Å²) in [5.74, 6) is 0.564. The van der Waals surface area contributed by atoms with Crippen LogP contribution >= 0.6 is 0 Å². The Morgan fingerprint density at radius 3 is 2.70 bits per heavy atom. The maximum Gasteiger partial charge on any atom is 0.389 e. The highest BCUT2D eigenvalue weighted by molar-refractivity contribution is 5.83. The first-order valence-corrected chi connectivity index (χ1v) is 7.22. The van der Waals surface area contributed by atoms with Crippen molar-refractivity contribution in [3.8, 4) is 5.75 Å². The largest absolute Gasteiger partial charge is 0.488 e. The number of para-hydroxylation sites is 1. The molecule has 1 heterocycles. The van der Waals surface area contributed by atoms with Crippen LogP contribution in [0, 0.1) is 0 Å². The van der Waals surface area contributed by atoms with E-state index in [-0.39, 0.29) is 19.6 Å². The molecule has 0 amide bonds. The SMILES string of the molecule is FC(F)(F)CCCON=Cc1ccccc1OCC1OCCO1. The number of alkyl halides is 3. The molecule has 0 atom stereocenters. The highest BCUT2D eigenvalue weighted by Crippen LogP contribution is 2.21. The van der Waals surface area contributed by atoms with Crippen molar-refractivity contribution in [1.82, 2.24) is 0 Å². The molecular weight excluding hydrogens is 315 g/mol. The van der Waals surface area contributed by atoms with E-state index in [4.69, 9.17) is 19.0 Å². The van der Waals surface area contributed by atoms with E-state index in [9.17, 15) is 13.2 Å². The topological polar surface area (TPSA) is 49.3 Å². The molecule has 23 heavy (non-hydrogen) atoms. The van der Waals surface area contributed by atoms with Crippen molar-refractivity contribution in [2.45, 2.75) is 25.3 Å². The van der Waals surface area contributed by atoms with Gasteiger partial charge in [-0.2, -0.15) is 13.2 Å². The van der Waals surface area contributed by atoms with E-state index < -0.39 is 18.9 Å². The third-order valence-corrected chi connectivity index (χ3v) is 2.95. The first-order valence-electron chi connectivity index (χ1n) is 7.22. The molecule has 1 saturated heterocycles. The quantitative estimate of drug-likeness (QED) is 0.417. The lowest BCUT2D eigenvalue weighted by Gasteiger charge is -2.12. The number of hydrogen-bond acceptors (Lipinski definition) is 5. The Balaban J connectivity index is 1.76. The molecular formula is C15H18F3NO4. The zero-order chi connectivity index (χ0) is 16.5. The summed E-state index contributed by atoms with van der Waals surface area (Å²) in [6.45, 7) is 1.24. The fraction of sp³-hybridized carbons (Fsp3) is 0.533. The average molecular weight is 333 g/mol. The van der Waals surface area contributed by atoms with Gasteiger partial charge in [-0.3, -0.25) is 0 Å². The van der Waals surface area contributed by atoms with Crippen LogP contribution in [0.2, 0.25) is 0 Å². The Morgan fingerprint density at radius 1 is 1.22 bits per heavy atom. The van der Waals surface area contributed by atoms with E-state index in [2.05, 4.69) is 5.16 Å². The van der Waals surface area contributed by atoms with Crippen LogP contribution in [0.5, 0.6) is 5.75 Å². The predicted molar refractivity (Wildman–Crippen MR) is 76.5 cm³/mol. The van der Waals surface area contributed by atoms with Gasteiger partial charge in [0.2, 0.25) is 0 Å². The van der Waals surface area contributed by atoms with Gasteiger partial charge < -0.3 is 19.0 Å². The van der Waals surface area contributed by atoms with Crippen LogP contribution in [-0.2, 0) is 14.3 Å². The molecule has 0 N–H and O–H groups in total. The molecule has 2 rings (SSSR count). The normalized spacial score (nSPS) is 16.1. The summed E-state index contributed by atoms with van der Waals surface area (Å²) in [5, 5.41) is 3.67. The van der Waals surface area contributed by atoms with E-state index in [0.29, 0.717) is 24.5 Å². The van der Waals surface area contributed by atoms with Gasteiger partial charge in [-0.15, -0.1) is 0 Å². The van der Waals surface area contributed by atoms with E-state index >= 15 is 0 Å². The first-order chi connectivity index (χ1) is 11.0. The molecule has 5 nitrogen and oxygen atoms in total. The van der Waals surface area contributed by atoms with Crippen molar-refractivity contribution < 1.29 is 32.2 Å². The molecule has 1 aliphatic heterocycles. The molecule has 0 bridgehead atoms. The van der Waals surface area contributed by atoms with Gasteiger partial charge in [0, 0.05) is 12.0 Å². The van der Waals surface area contributed by atoms with E-state index in [1.54, 1.807) is 24.3 Å². The smallest absolute Gasteiger partial charge is 0.389 e. The molecule has 1 aliphatic rings. The van der Waals surface area contributed by atoms with Gasteiger partial charge in [-0.1, -0.05) is 17.3 Å². The Labute approximate surface area is 132 Å². The van der Waals surface area contributed by atoms with Crippen molar-refractivity contribution >= 4 is 6.21 Å². The number of oxime groups is 1. The number of hydrogen-bond donors (Lipinski definition) is 0. The second-order valence-corrected chi connectivity index (χ2v) is 4.81. The van der Waals surface area contributed by atoms with Crippen LogP contribution in [0.25, 0.3) is 0 Å². The highest BCUT2D eigenvalue weighted by Gasteiger charge is 2.26. The van der Waals surface area contributed by atoms with Crippen LogP contribution in [0.3, 0.4) is 0 Å². The lowest BCUT2D eigenvalue weighted by Crippen LogP contribution is -2.18. The summed E-state index contributed by atoms with van der Waals surface area (Å²) in [6, 6.07) is 7.10. The van der Waals surface area contributed by atoms with Gasteiger partial charge >= 0.3 is 6.18 Å². The zero-order valence-corrected chi connectivity index (χ0v) is 12.4. The van der Waals surface area contributed by atoms with Crippen LogP contribution in [0.1, 0.15) is 18.4 Å². The monoisotopic (exact) mass is 333 g/mol. The van der Waals surface area contributed by atoms with Crippen LogP contribution in [-0.4, -0.2) is 45.1 Å². The minimum atomic E-state index is -4.17. The van der Waals surface area contributed by atoms with Gasteiger partial charge in [-0.25, -0.2) is 0 Å². The molecule has 0 spiro atoms. The molecule has 0 radical (unpaired) electrons. The third kappa shape index (κ3) is 6.87. The standard InChI is InChI=1S/C15H18F3NO4/c16-15(17,18)6-3-7-23-19-10-12-4-1-2-5-13(12)22-11-14-20-8-9-21-14/h1-2,4-5,10,14H,3,6-9,11H2. The van der Waals surface area contributed by atoms with Crippen LogP contribution < -0.4 is 4.74 Å². The molecule has 1 aromatic carbocycles. The average Bonchev–Trinajstić information content (AvgIpc) is 3.02. The molecule has 128 valence electrons. The zero-order valence-electron chi connectivity index (χ0n) is 12.4. The molecule has 1 fully saturated rings. The summed E-state index contributed by atoms with van der Waals surface area (Å²) >= 11 is 0. The van der Waals surface area contributed by atoms with Crippen molar-refractivity contribution in [2.24, 2.45) is 5.16 Å². The summed E-state index contributed by atoms with van der Waals surface area (Å²) in [7, 11) is 0. The molecule has 0 aliphatic carbocycles. The van der Waals surface area contributed by atoms with E-state index in [0.717, 1.165) is 0 Å². The third-order valence-electron chi connectivity index (χ3n) is 2.95. The van der Waals surface area contributed by atoms with Crippen molar-refractivity contribution in [2.75, 3.05) is 26.4 Å². The Bertz CT molecular complexity index is 502. The Hall–Kier alpha value is -1.80. The molecule has 0 saturated carbocycles. The lowest BCUT2D eigenvalue weighted by atomic mass is 10.2. The summed E-state index contributed by atoms with van der Waals surface area (Å²) in [4.78, 5) is 4.83. The van der Waals surface area contributed by atoms with E-state index in [1.165, 1.54) is 6.21 Å². The molecule has 0 unspecified atom stereocenters. The predicted octanol–water partition coefficient (Wildman–Crippen LogP) is 3.13. The molecule has 1 aromatic rings. The van der Waals surface area contributed by atoms with Crippen molar-refractivity contribution in [3.05, 3.63) is 29.8 Å². The number of benzene rings is 1. The van der Waals surface area contributed by atoms with E-state index in [1.807, 2.05) is 0 Å². The maximum atomic E-state index is 12.0. The fourth-order valence-corrected chi connectivity index (χ4v) is 1.86. The van der Waals surface area contributed by atoms with Crippen molar-refractivity contribution in [3.63, 3.8) is 0 Å². The van der Waals surface area contributed by atoms with Crippen molar-refractivity contribution in [1.29, 1.82) is 0 Å². The highest BCUT2D eigenvalue weighted by atomic mass is 19.4. The van der Waals surface area contributed by atoms with Gasteiger partial charge in [0.05, 0.1) is 19.4 Å². The van der Waals surface area contributed by atoms with Crippen LogP contribution in [0.15, 0.2) is 29.4 Å². The molecule has 8 heteroatoms. The lowest BCUT2D eigenvalue weighted by molar-refractivity contribution is -0.137. The second-order valence-electron chi connectivity index (χ2n) is 4.81. The Kier molecular flexibility index (Phi) is 6.66. The van der Waals surface area contributed by atoms with Gasteiger partial charge in [-0.05, 0) is 18.6 Å². The maximum absolute atomic E-state index is 12.0.